The van der Waals surface area contributed by atoms with Crippen LogP contribution < -0.4 is 0 Å². The highest BCUT2D eigenvalue weighted by Gasteiger charge is 2.24. The first-order valence-corrected chi connectivity index (χ1v) is 14.5. The molecule has 0 fully saturated rings. The summed E-state index contributed by atoms with van der Waals surface area (Å²) in [5, 5.41) is 9.13. The maximum atomic E-state index is 6.67. The van der Waals surface area contributed by atoms with E-state index >= 15 is 0 Å². The van der Waals surface area contributed by atoms with Crippen molar-refractivity contribution < 1.29 is 8.83 Å². The monoisotopic (exact) mass is 550 g/mol. The van der Waals surface area contributed by atoms with Crippen LogP contribution in [0.2, 0.25) is 0 Å². The van der Waals surface area contributed by atoms with Crippen LogP contribution in [0.5, 0.6) is 0 Å². The Hall–Kier alpha value is -5.87. The predicted molar refractivity (Wildman–Crippen MR) is 176 cm³/mol. The molecule has 0 aliphatic heterocycles. The Morgan fingerprint density at radius 2 is 1.26 bits per heavy atom. The van der Waals surface area contributed by atoms with Crippen LogP contribution in [-0.4, -0.2) is 9.55 Å². The fraction of sp³-hybridized carbons (Fsp3) is 0. The largest absolute Gasteiger partial charge is 0.456 e. The normalized spacial score (nSPS) is 12.2. The zero-order chi connectivity index (χ0) is 28.1. The maximum absolute atomic E-state index is 6.67. The van der Waals surface area contributed by atoms with E-state index in [0.29, 0.717) is 0 Å². The fourth-order valence-electron chi connectivity index (χ4n) is 7.10. The number of benzene rings is 6. The van der Waals surface area contributed by atoms with Crippen LogP contribution in [0, 0.1) is 0 Å². The van der Waals surface area contributed by atoms with E-state index < -0.39 is 0 Å². The average molecular weight is 551 g/mol. The molecule has 0 N–H and O–H groups in total. The number of rotatable bonds is 2. The Labute approximate surface area is 245 Å². The van der Waals surface area contributed by atoms with Gasteiger partial charge in [0.25, 0.3) is 0 Å². The third-order valence-electron chi connectivity index (χ3n) is 8.88. The topological polar surface area (TPSA) is 44.1 Å². The summed E-state index contributed by atoms with van der Waals surface area (Å²) in [5.41, 5.74) is 9.01. The van der Waals surface area contributed by atoms with Gasteiger partial charge in [0.1, 0.15) is 22.3 Å². The Bertz CT molecular complexity index is 2730. The molecule has 0 amide bonds. The Balaban J connectivity index is 1.41. The first kappa shape index (κ1) is 22.8. The Morgan fingerprint density at radius 1 is 0.512 bits per heavy atom. The second-order valence-corrected chi connectivity index (χ2v) is 11.1. The van der Waals surface area contributed by atoms with Gasteiger partial charge in [-0.1, -0.05) is 78.9 Å². The molecule has 0 radical (unpaired) electrons. The molecule has 0 unspecified atom stereocenters. The van der Waals surface area contributed by atoms with Gasteiger partial charge in [-0.3, -0.25) is 4.98 Å². The van der Waals surface area contributed by atoms with Crippen molar-refractivity contribution in [3.63, 3.8) is 0 Å². The van der Waals surface area contributed by atoms with E-state index in [1.807, 2.05) is 12.4 Å². The van der Waals surface area contributed by atoms with E-state index in [2.05, 4.69) is 131 Å². The molecule has 10 rings (SSSR count). The lowest BCUT2D eigenvalue weighted by atomic mass is 9.96. The lowest BCUT2D eigenvalue weighted by molar-refractivity contribution is 0.669. The number of hydrogen-bond acceptors (Lipinski definition) is 3. The van der Waals surface area contributed by atoms with Gasteiger partial charge in [0.2, 0.25) is 0 Å². The Kier molecular flexibility index (Phi) is 4.42. The molecule has 200 valence electrons. The summed E-state index contributed by atoms with van der Waals surface area (Å²) >= 11 is 0. The first-order chi connectivity index (χ1) is 21.3. The molecule has 10 aromatic rings. The van der Waals surface area contributed by atoms with Crippen molar-refractivity contribution >= 4 is 76.5 Å². The number of furan rings is 2. The Morgan fingerprint density at radius 3 is 2.14 bits per heavy atom. The fourth-order valence-corrected chi connectivity index (χ4v) is 7.10. The molecule has 4 nitrogen and oxygen atoms in total. The molecule has 0 saturated carbocycles. The lowest BCUT2D eigenvalue weighted by Gasteiger charge is -2.13. The number of pyridine rings is 1. The molecule has 0 atom stereocenters. The first-order valence-electron chi connectivity index (χ1n) is 14.5. The molecule has 4 heteroatoms. The third-order valence-corrected chi connectivity index (χ3v) is 8.88. The van der Waals surface area contributed by atoms with Crippen LogP contribution >= 0.6 is 0 Å². The number of para-hydroxylation sites is 1. The van der Waals surface area contributed by atoms with Crippen molar-refractivity contribution in [3.8, 4) is 16.8 Å². The smallest absolute Gasteiger partial charge is 0.161 e. The summed E-state index contributed by atoms with van der Waals surface area (Å²) in [6.45, 7) is 0. The summed E-state index contributed by atoms with van der Waals surface area (Å²) in [5.74, 6) is 0. The zero-order valence-corrected chi connectivity index (χ0v) is 22.9. The van der Waals surface area contributed by atoms with Gasteiger partial charge in [0, 0.05) is 40.0 Å². The number of fused-ring (bicyclic) bond motifs is 12. The van der Waals surface area contributed by atoms with E-state index in [-0.39, 0.29) is 0 Å². The van der Waals surface area contributed by atoms with E-state index in [1.54, 1.807) is 0 Å². The minimum Gasteiger partial charge on any atom is -0.456 e. The van der Waals surface area contributed by atoms with Crippen molar-refractivity contribution in [3.05, 3.63) is 134 Å². The molecule has 4 heterocycles. The molecule has 0 aliphatic rings. The van der Waals surface area contributed by atoms with Gasteiger partial charge < -0.3 is 13.4 Å². The highest BCUT2D eigenvalue weighted by Crippen LogP contribution is 2.46. The van der Waals surface area contributed by atoms with Crippen LogP contribution in [0.15, 0.2) is 143 Å². The molecule has 0 spiro atoms. The van der Waals surface area contributed by atoms with E-state index in [1.165, 1.54) is 10.8 Å². The van der Waals surface area contributed by atoms with Gasteiger partial charge in [0.05, 0.1) is 16.6 Å². The van der Waals surface area contributed by atoms with Crippen LogP contribution in [0.25, 0.3) is 93.3 Å². The SMILES string of the molecule is c1ccc2c(c1)ccc1oc3c4ccccc4n(-c4cc5oc6cccc(-c7ccncc7)c6c5c5ccccc45)c3c12. The summed E-state index contributed by atoms with van der Waals surface area (Å²) in [7, 11) is 0. The number of nitrogens with zero attached hydrogens (tertiary/aromatic N) is 2. The summed E-state index contributed by atoms with van der Waals surface area (Å²) in [6, 6.07) is 42.6. The summed E-state index contributed by atoms with van der Waals surface area (Å²) in [6.07, 6.45) is 3.68. The standard InChI is InChI=1S/C39H22N2O2/c1-2-9-26-23(8-1)16-17-33-37(26)38-39(43-33)29-12-5-6-14-30(29)41(38)31-22-34-36(28-11-4-3-10-27(28)31)35-25(13-7-15-32(35)42-34)24-18-20-40-21-19-24/h1-22H. The van der Waals surface area contributed by atoms with E-state index in [9.17, 15) is 0 Å². The van der Waals surface area contributed by atoms with Gasteiger partial charge in [0.15, 0.2) is 5.58 Å². The molecule has 0 saturated heterocycles. The minimum atomic E-state index is 0.855. The van der Waals surface area contributed by atoms with Crippen molar-refractivity contribution in [2.24, 2.45) is 0 Å². The van der Waals surface area contributed by atoms with Gasteiger partial charge in [-0.15, -0.1) is 0 Å². The molecule has 0 bridgehead atoms. The van der Waals surface area contributed by atoms with Crippen LogP contribution in [0.4, 0.5) is 0 Å². The van der Waals surface area contributed by atoms with Gasteiger partial charge in [-0.2, -0.15) is 0 Å². The van der Waals surface area contributed by atoms with Crippen molar-refractivity contribution in [2.75, 3.05) is 0 Å². The third kappa shape index (κ3) is 3.02. The molecule has 0 aliphatic carbocycles. The predicted octanol–water partition coefficient (Wildman–Crippen LogP) is 10.8. The van der Waals surface area contributed by atoms with Crippen molar-refractivity contribution in [1.29, 1.82) is 0 Å². The van der Waals surface area contributed by atoms with Crippen molar-refractivity contribution in [1.82, 2.24) is 9.55 Å². The van der Waals surface area contributed by atoms with Crippen LogP contribution in [-0.2, 0) is 0 Å². The van der Waals surface area contributed by atoms with Crippen molar-refractivity contribution in [2.45, 2.75) is 0 Å². The molecule has 43 heavy (non-hydrogen) atoms. The lowest BCUT2D eigenvalue weighted by Crippen LogP contribution is -1.96. The molecule has 6 aromatic carbocycles. The van der Waals surface area contributed by atoms with Gasteiger partial charge in [-0.05, 0) is 63.7 Å². The van der Waals surface area contributed by atoms with E-state index in [4.69, 9.17) is 8.83 Å². The summed E-state index contributed by atoms with van der Waals surface area (Å²) < 4.78 is 15.7. The van der Waals surface area contributed by atoms with Crippen LogP contribution in [0.3, 0.4) is 0 Å². The van der Waals surface area contributed by atoms with Crippen LogP contribution in [0.1, 0.15) is 0 Å². The number of aromatic nitrogens is 2. The summed E-state index contributed by atoms with van der Waals surface area (Å²) in [4.78, 5) is 4.24. The second-order valence-electron chi connectivity index (χ2n) is 11.1. The average Bonchev–Trinajstić information content (AvgIpc) is 3.73. The molecular formula is C39H22N2O2. The van der Waals surface area contributed by atoms with E-state index in [0.717, 1.165) is 82.5 Å². The maximum Gasteiger partial charge on any atom is 0.161 e. The quantitative estimate of drug-likeness (QED) is 0.215. The molecule has 4 aromatic heterocycles. The molecular weight excluding hydrogens is 528 g/mol. The number of hydrogen-bond donors (Lipinski definition) is 0. The zero-order valence-electron chi connectivity index (χ0n) is 22.9. The second kappa shape index (κ2) is 8.34. The highest BCUT2D eigenvalue weighted by atomic mass is 16.3. The van der Waals surface area contributed by atoms with Gasteiger partial charge in [-0.25, -0.2) is 0 Å². The minimum absolute atomic E-state index is 0.855. The highest BCUT2D eigenvalue weighted by molar-refractivity contribution is 6.27. The van der Waals surface area contributed by atoms with Gasteiger partial charge >= 0.3 is 0 Å².